The predicted octanol–water partition coefficient (Wildman–Crippen LogP) is 6.58. The number of amides is 3. The number of fused-ring (bicyclic) bond motifs is 3. The van der Waals surface area contributed by atoms with E-state index in [1.807, 2.05) is 79.7 Å². The summed E-state index contributed by atoms with van der Waals surface area (Å²) in [5.41, 5.74) is 0.946. The fraction of sp³-hybridized carbons (Fsp3) is 0.200. The monoisotopic (exact) mass is 688 g/mol. The number of benzene rings is 4. The zero-order valence-electron chi connectivity index (χ0n) is 25.5. The van der Waals surface area contributed by atoms with E-state index in [0.717, 1.165) is 62.7 Å². The zero-order valence-corrected chi connectivity index (χ0v) is 27.2. The van der Waals surface area contributed by atoms with Gasteiger partial charge in [0.2, 0.25) is 17.7 Å². The van der Waals surface area contributed by atoms with Crippen molar-refractivity contribution in [3.05, 3.63) is 117 Å². The summed E-state index contributed by atoms with van der Waals surface area (Å²) in [5, 5.41) is 4.12. The molecule has 1 N–H and O–H groups in total. The highest BCUT2D eigenvalue weighted by Crippen LogP contribution is 2.54. The Balaban J connectivity index is 1.27. The number of thiazole rings is 1. The first-order valence-corrected chi connectivity index (χ1v) is 16.6. The molecule has 1 saturated heterocycles. The van der Waals surface area contributed by atoms with E-state index in [0.29, 0.717) is 21.2 Å². The summed E-state index contributed by atoms with van der Waals surface area (Å²) in [5.74, 6) is -3.53. The van der Waals surface area contributed by atoms with E-state index in [-0.39, 0.29) is 12.2 Å². The minimum absolute atomic E-state index is 0.174. The summed E-state index contributed by atoms with van der Waals surface area (Å²) < 4.78 is 42.1. The maximum Gasteiger partial charge on any atom is 0.416 e. The van der Waals surface area contributed by atoms with Gasteiger partial charge in [-0.1, -0.05) is 71.6 Å². The second-order valence-electron chi connectivity index (χ2n) is 11.8. The highest BCUT2D eigenvalue weighted by Gasteiger charge is 2.57. The van der Waals surface area contributed by atoms with Crippen LogP contribution in [0.5, 0.6) is 0 Å². The molecule has 3 heterocycles. The van der Waals surface area contributed by atoms with Crippen molar-refractivity contribution in [1.29, 1.82) is 0 Å². The molecule has 4 aromatic carbocycles. The molecule has 244 valence electrons. The Kier molecular flexibility index (Phi) is 7.91. The molecule has 5 aromatic rings. The Bertz CT molecular complexity index is 2160. The molecule has 0 saturated carbocycles. The second kappa shape index (κ2) is 12.0. The highest BCUT2D eigenvalue weighted by molar-refractivity contribution is 8.00. The maximum absolute atomic E-state index is 14.1. The van der Waals surface area contributed by atoms with Crippen LogP contribution in [0.1, 0.15) is 21.9 Å². The Morgan fingerprint density at radius 1 is 0.875 bits per heavy atom. The number of carbonyl (C=O) groups is 3. The van der Waals surface area contributed by atoms with E-state index in [1.165, 1.54) is 10.6 Å². The summed E-state index contributed by atoms with van der Waals surface area (Å²) in [6.07, 6.45) is -4.67. The molecule has 1 fully saturated rings. The minimum Gasteiger partial charge on any atom is -0.378 e. The van der Waals surface area contributed by atoms with Gasteiger partial charge in [0, 0.05) is 36.3 Å². The lowest BCUT2D eigenvalue weighted by atomic mass is 9.83. The fourth-order valence-electron chi connectivity index (χ4n) is 6.28. The van der Waals surface area contributed by atoms with Crippen LogP contribution >= 0.6 is 23.1 Å². The number of hydrogen-bond acceptors (Lipinski definition) is 7. The summed E-state index contributed by atoms with van der Waals surface area (Å²) >= 11 is 1.90. The first-order valence-electron chi connectivity index (χ1n) is 14.9. The number of rotatable bonds is 6. The van der Waals surface area contributed by atoms with Crippen LogP contribution in [0.15, 0.2) is 101 Å². The molecule has 0 aliphatic carbocycles. The molecule has 48 heavy (non-hydrogen) atoms. The third-order valence-electron chi connectivity index (χ3n) is 8.58. The van der Waals surface area contributed by atoms with Crippen molar-refractivity contribution >= 4 is 68.7 Å². The number of anilines is 3. The number of thioether (sulfide) groups is 1. The van der Waals surface area contributed by atoms with Crippen LogP contribution in [0, 0.1) is 5.92 Å². The number of hydrogen-bond donors (Lipinski definition) is 1. The molecule has 2 aliphatic rings. The molecule has 0 radical (unpaired) electrons. The minimum atomic E-state index is -4.67. The second-order valence-corrected chi connectivity index (χ2v) is 13.9. The molecule has 3 amide bonds. The van der Waals surface area contributed by atoms with E-state index in [2.05, 4.69) is 5.32 Å². The van der Waals surface area contributed by atoms with Crippen molar-refractivity contribution < 1.29 is 27.6 Å². The Morgan fingerprint density at radius 3 is 2.31 bits per heavy atom. The Morgan fingerprint density at radius 2 is 1.60 bits per heavy atom. The number of imide groups is 1. The Hall–Kier alpha value is -4.88. The number of nitrogens with zero attached hydrogens (tertiary/aromatic N) is 3. The number of nitrogens with one attached hydrogen (secondary N) is 1. The quantitative estimate of drug-likeness (QED) is 0.203. The molecule has 3 atom stereocenters. The summed E-state index contributed by atoms with van der Waals surface area (Å²) in [4.78, 5) is 57.7. The molecule has 0 spiro atoms. The summed E-state index contributed by atoms with van der Waals surface area (Å²) in [6.45, 7) is -0.340. The average Bonchev–Trinajstić information content (AvgIpc) is 3.50. The summed E-state index contributed by atoms with van der Waals surface area (Å²) in [6, 6.07) is 24.7. The lowest BCUT2D eigenvalue weighted by molar-refractivity contribution is -0.137. The number of aromatic nitrogens is 1. The van der Waals surface area contributed by atoms with Crippen LogP contribution < -0.4 is 20.0 Å². The van der Waals surface area contributed by atoms with Crippen LogP contribution in [0.3, 0.4) is 0 Å². The van der Waals surface area contributed by atoms with Crippen molar-refractivity contribution in [3.8, 4) is 0 Å². The number of halogens is 3. The van der Waals surface area contributed by atoms with Crippen LogP contribution in [0.2, 0.25) is 0 Å². The van der Waals surface area contributed by atoms with Gasteiger partial charge in [-0.2, -0.15) is 13.2 Å². The average molecular weight is 689 g/mol. The van der Waals surface area contributed by atoms with Gasteiger partial charge < -0.3 is 10.2 Å². The van der Waals surface area contributed by atoms with Crippen LogP contribution in [-0.4, -0.2) is 41.6 Å². The van der Waals surface area contributed by atoms with E-state index < -0.39 is 51.4 Å². The first-order chi connectivity index (χ1) is 22.9. The van der Waals surface area contributed by atoms with E-state index in [1.54, 1.807) is 6.07 Å². The van der Waals surface area contributed by atoms with E-state index in [9.17, 15) is 32.3 Å². The van der Waals surface area contributed by atoms with Gasteiger partial charge in [0.25, 0.3) is 0 Å². The Labute approximate surface area is 280 Å². The fourth-order valence-corrected chi connectivity index (χ4v) is 9.05. The molecule has 0 bridgehead atoms. The van der Waals surface area contributed by atoms with E-state index in [4.69, 9.17) is 0 Å². The van der Waals surface area contributed by atoms with Crippen molar-refractivity contribution in [3.63, 3.8) is 0 Å². The highest BCUT2D eigenvalue weighted by atomic mass is 32.2. The molecular formula is C35H27F3N4O4S2. The molecule has 2 unspecified atom stereocenters. The van der Waals surface area contributed by atoms with Gasteiger partial charge in [0.1, 0.15) is 11.8 Å². The van der Waals surface area contributed by atoms with Crippen LogP contribution in [0.4, 0.5) is 30.2 Å². The summed E-state index contributed by atoms with van der Waals surface area (Å²) in [7, 11) is 3.75. The predicted molar refractivity (Wildman–Crippen MR) is 181 cm³/mol. The molecule has 2 aliphatic heterocycles. The van der Waals surface area contributed by atoms with Gasteiger partial charge in [0.15, 0.2) is 0 Å². The largest absolute Gasteiger partial charge is 0.416 e. The van der Waals surface area contributed by atoms with Crippen molar-refractivity contribution in [1.82, 2.24) is 4.57 Å². The molecule has 13 heteroatoms. The molecule has 8 nitrogen and oxygen atoms in total. The van der Waals surface area contributed by atoms with E-state index >= 15 is 0 Å². The van der Waals surface area contributed by atoms with Crippen molar-refractivity contribution in [2.24, 2.45) is 5.92 Å². The SMILES string of the molecule is CN(C)c1ccc([C@H]2c3sc(=O)n(CC(=O)Nc4ccc5ccccc5c4)c3SC3C(=O)N(c4cccc(C(F)(F)F)c4)C(=O)C32)cc1. The van der Waals surface area contributed by atoms with Gasteiger partial charge in [-0.3, -0.25) is 23.7 Å². The standard InChI is InChI=1S/C35H27F3N4O4S2/c1-40(2)24-14-11-20(12-15-24)27-28-29(32(45)42(31(28)44)25-9-5-8-22(17-25)35(36,37)38)47-33-30(27)48-34(46)41(33)18-26(43)39-23-13-10-19-6-3-4-7-21(19)16-23/h3-17,27-29H,18H2,1-2H3,(H,39,43)/t27-,28?,29?/m1/s1. The third-order valence-corrected chi connectivity index (χ3v) is 11.2. The topological polar surface area (TPSA) is 91.7 Å². The van der Waals surface area contributed by atoms with Crippen molar-refractivity contribution in [2.45, 2.75) is 28.9 Å². The number of alkyl halides is 3. The zero-order chi connectivity index (χ0) is 33.9. The van der Waals surface area contributed by atoms with Gasteiger partial charge in [-0.25, -0.2) is 4.90 Å². The van der Waals surface area contributed by atoms with Gasteiger partial charge in [0.05, 0.1) is 22.2 Å². The lowest BCUT2D eigenvalue weighted by Crippen LogP contribution is -2.33. The third kappa shape index (κ3) is 5.56. The normalized spacial score (nSPS) is 18.9. The maximum atomic E-state index is 14.1. The van der Waals surface area contributed by atoms with Gasteiger partial charge >= 0.3 is 11.0 Å². The number of carbonyl (C=O) groups excluding carboxylic acids is 3. The van der Waals surface area contributed by atoms with Crippen LogP contribution in [-0.2, 0) is 27.1 Å². The molecular weight excluding hydrogens is 662 g/mol. The smallest absolute Gasteiger partial charge is 0.378 e. The van der Waals surface area contributed by atoms with Gasteiger partial charge in [-0.15, -0.1) is 0 Å². The van der Waals surface area contributed by atoms with Crippen LogP contribution in [0.25, 0.3) is 10.8 Å². The lowest BCUT2D eigenvalue weighted by Gasteiger charge is -2.31. The van der Waals surface area contributed by atoms with Gasteiger partial charge in [-0.05, 0) is 58.8 Å². The van der Waals surface area contributed by atoms with Crippen molar-refractivity contribution in [2.75, 3.05) is 29.2 Å². The molecule has 1 aromatic heterocycles. The molecule has 7 rings (SSSR count). The first kappa shape index (κ1) is 31.7.